The van der Waals surface area contributed by atoms with Crippen LogP contribution in [0.3, 0.4) is 0 Å². The number of amides is 1. The Balaban J connectivity index is 1.97. The third-order valence-electron chi connectivity index (χ3n) is 3.87. The van der Waals surface area contributed by atoms with Gasteiger partial charge in [-0.25, -0.2) is 8.42 Å². The summed E-state index contributed by atoms with van der Waals surface area (Å²) in [4.78, 5) is 15.3. The van der Waals surface area contributed by atoms with Gasteiger partial charge in [0.15, 0.2) is 9.84 Å². The van der Waals surface area contributed by atoms with Crippen molar-refractivity contribution < 1.29 is 13.2 Å². The minimum atomic E-state index is -3.28. The van der Waals surface area contributed by atoms with Gasteiger partial charge < -0.3 is 4.90 Å². The predicted octanol–water partition coefficient (Wildman–Crippen LogP) is 2.75. The topological polar surface area (TPSA) is 54.5 Å². The Labute approximate surface area is 133 Å². The summed E-state index contributed by atoms with van der Waals surface area (Å²) in [5.41, 5.74) is 0.786. The summed E-state index contributed by atoms with van der Waals surface area (Å²) in [7, 11) is -3.28. The maximum absolute atomic E-state index is 12.7. The van der Waals surface area contributed by atoms with Gasteiger partial charge in [0.25, 0.3) is 0 Å². The lowest BCUT2D eigenvalue weighted by atomic mass is 10.2. The van der Waals surface area contributed by atoms with Crippen LogP contribution in [0.4, 0.5) is 5.69 Å². The molecule has 0 spiro atoms. The Morgan fingerprint density at radius 1 is 1.33 bits per heavy atom. The first kappa shape index (κ1) is 15.2. The van der Waals surface area contributed by atoms with Crippen LogP contribution in [-0.2, 0) is 14.6 Å². The normalized spacial score (nSPS) is 24.4. The summed E-state index contributed by atoms with van der Waals surface area (Å²) in [6.45, 7) is 0.562. The van der Waals surface area contributed by atoms with Gasteiger partial charge in [-0.05, 0) is 43.2 Å². The van der Waals surface area contributed by atoms with E-state index in [1.807, 2.05) is 12.1 Å². The van der Waals surface area contributed by atoms with E-state index in [0.29, 0.717) is 24.4 Å². The lowest BCUT2D eigenvalue weighted by molar-refractivity contribution is -0.118. The number of sulfone groups is 1. The van der Waals surface area contributed by atoms with Crippen LogP contribution in [-0.4, -0.2) is 37.6 Å². The number of carbonyl (C=O) groups excluding carboxylic acids is 1. The molecule has 4 nitrogen and oxygen atoms in total. The van der Waals surface area contributed by atoms with E-state index in [1.54, 1.807) is 22.7 Å². The first-order valence-electron chi connectivity index (χ1n) is 6.94. The van der Waals surface area contributed by atoms with Gasteiger partial charge in [-0.15, -0.1) is 11.8 Å². The standard InChI is InChI=1S/C14H16ClNO3S2/c15-10-4-5-11-12(9-10)20-7-2-6-16(11)14(17)13-3-1-8-21(13,18)19/h4-5,9,13H,1-3,6-8H2. The number of thioether (sulfide) groups is 1. The van der Waals surface area contributed by atoms with Crippen molar-refractivity contribution in [3.05, 3.63) is 23.2 Å². The fourth-order valence-corrected chi connectivity index (χ4v) is 5.90. The first-order valence-corrected chi connectivity index (χ1v) is 10.0. The highest BCUT2D eigenvalue weighted by Gasteiger charge is 2.40. The molecular weight excluding hydrogens is 330 g/mol. The minimum Gasteiger partial charge on any atom is -0.310 e. The molecule has 0 aromatic heterocycles. The second-order valence-corrected chi connectivity index (χ2v) is 9.18. The monoisotopic (exact) mass is 345 g/mol. The zero-order valence-electron chi connectivity index (χ0n) is 11.4. The number of hydrogen-bond donors (Lipinski definition) is 0. The van der Waals surface area contributed by atoms with E-state index in [9.17, 15) is 13.2 Å². The third-order valence-corrected chi connectivity index (χ3v) is 7.39. The zero-order chi connectivity index (χ0) is 15.0. The number of rotatable bonds is 1. The molecule has 1 aromatic rings. The van der Waals surface area contributed by atoms with E-state index in [2.05, 4.69) is 0 Å². The Hall–Kier alpha value is -0.720. The van der Waals surface area contributed by atoms with Gasteiger partial charge in [0.2, 0.25) is 5.91 Å². The molecule has 114 valence electrons. The summed E-state index contributed by atoms with van der Waals surface area (Å²) in [5.74, 6) is 0.743. The fourth-order valence-electron chi connectivity index (χ4n) is 2.82. The van der Waals surface area contributed by atoms with Gasteiger partial charge in [-0.1, -0.05) is 11.6 Å². The largest absolute Gasteiger partial charge is 0.310 e. The highest BCUT2D eigenvalue weighted by atomic mass is 35.5. The fraction of sp³-hybridized carbons (Fsp3) is 0.500. The first-order chi connectivity index (χ1) is 9.99. The second kappa shape index (κ2) is 5.82. The SMILES string of the molecule is O=C(C1CCCS1(=O)=O)N1CCCSc2cc(Cl)ccc21. The van der Waals surface area contributed by atoms with Crippen molar-refractivity contribution in [1.29, 1.82) is 0 Å². The molecule has 3 rings (SSSR count). The maximum atomic E-state index is 12.7. The lowest BCUT2D eigenvalue weighted by Crippen LogP contribution is -2.42. The molecule has 2 aliphatic rings. The van der Waals surface area contributed by atoms with Gasteiger partial charge in [-0.2, -0.15) is 0 Å². The molecule has 0 saturated carbocycles. The maximum Gasteiger partial charge on any atom is 0.245 e. The quantitative estimate of drug-likeness (QED) is 0.785. The number of fused-ring (bicyclic) bond motifs is 1. The van der Waals surface area contributed by atoms with Crippen molar-refractivity contribution in [3.63, 3.8) is 0 Å². The van der Waals surface area contributed by atoms with Crippen molar-refractivity contribution in [3.8, 4) is 0 Å². The van der Waals surface area contributed by atoms with E-state index in [4.69, 9.17) is 11.6 Å². The van der Waals surface area contributed by atoms with Crippen molar-refractivity contribution in [1.82, 2.24) is 0 Å². The summed E-state index contributed by atoms with van der Waals surface area (Å²) >= 11 is 7.68. The van der Waals surface area contributed by atoms with E-state index < -0.39 is 15.1 Å². The molecule has 2 aliphatic heterocycles. The van der Waals surface area contributed by atoms with Gasteiger partial charge in [0, 0.05) is 16.5 Å². The van der Waals surface area contributed by atoms with Crippen LogP contribution in [0.2, 0.25) is 5.02 Å². The molecule has 7 heteroatoms. The summed E-state index contributed by atoms with van der Waals surface area (Å²) in [5, 5.41) is -0.242. The van der Waals surface area contributed by atoms with Gasteiger partial charge >= 0.3 is 0 Å². The number of halogens is 1. The van der Waals surface area contributed by atoms with Crippen LogP contribution in [0.15, 0.2) is 23.1 Å². The average Bonchev–Trinajstić information content (AvgIpc) is 2.67. The average molecular weight is 346 g/mol. The number of benzene rings is 1. The molecule has 1 saturated heterocycles. The van der Waals surface area contributed by atoms with Crippen LogP contribution in [0.5, 0.6) is 0 Å². The van der Waals surface area contributed by atoms with E-state index in [1.165, 1.54) is 0 Å². The second-order valence-electron chi connectivity index (χ2n) is 5.30. The van der Waals surface area contributed by atoms with Gasteiger partial charge in [0.05, 0.1) is 11.4 Å². The highest BCUT2D eigenvalue weighted by molar-refractivity contribution is 7.99. The van der Waals surface area contributed by atoms with Crippen LogP contribution in [0, 0.1) is 0 Å². The summed E-state index contributed by atoms with van der Waals surface area (Å²) in [6.07, 6.45) is 1.86. The number of nitrogens with zero attached hydrogens (tertiary/aromatic N) is 1. The Morgan fingerprint density at radius 2 is 2.14 bits per heavy atom. The molecule has 21 heavy (non-hydrogen) atoms. The van der Waals surface area contributed by atoms with Gasteiger partial charge in [0.1, 0.15) is 5.25 Å². The van der Waals surface area contributed by atoms with Gasteiger partial charge in [-0.3, -0.25) is 4.79 Å². The van der Waals surface area contributed by atoms with Crippen molar-refractivity contribution in [2.75, 3.05) is 23.0 Å². The molecule has 1 atom stereocenters. The van der Waals surface area contributed by atoms with E-state index in [0.717, 1.165) is 22.8 Å². The predicted molar refractivity (Wildman–Crippen MR) is 86.0 cm³/mol. The van der Waals surface area contributed by atoms with E-state index >= 15 is 0 Å². The molecule has 0 N–H and O–H groups in total. The molecule has 1 unspecified atom stereocenters. The van der Waals surface area contributed by atoms with Crippen molar-refractivity contribution in [2.24, 2.45) is 0 Å². The molecule has 0 bridgehead atoms. The van der Waals surface area contributed by atoms with Crippen LogP contribution in [0.25, 0.3) is 0 Å². The smallest absolute Gasteiger partial charge is 0.245 e. The van der Waals surface area contributed by atoms with Crippen LogP contribution in [0.1, 0.15) is 19.3 Å². The van der Waals surface area contributed by atoms with E-state index in [-0.39, 0.29) is 11.7 Å². The van der Waals surface area contributed by atoms with Crippen molar-refractivity contribution >= 4 is 44.8 Å². The third kappa shape index (κ3) is 2.94. The van der Waals surface area contributed by atoms with Crippen LogP contribution >= 0.6 is 23.4 Å². The Bertz CT molecular complexity index is 675. The number of anilines is 1. The summed E-state index contributed by atoms with van der Waals surface area (Å²) < 4.78 is 24.0. The zero-order valence-corrected chi connectivity index (χ0v) is 13.8. The Kier molecular flexibility index (Phi) is 4.21. The molecular formula is C14H16ClNO3S2. The Morgan fingerprint density at radius 3 is 2.86 bits per heavy atom. The molecule has 0 radical (unpaired) electrons. The number of carbonyl (C=O) groups is 1. The van der Waals surface area contributed by atoms with Crippen LogP contribution < -0.4 is 4.90 Å². The van der Waals surface area contributed by atoms with Crippen molar-refractivity contribution in [2.45, 2.75) is 29.4 Å². The number of hydrogen-bond acceptors (Lipinski definition) is 4. The lowest BCUT2D eigenvalue weighted by Gasteiger charge is -2.25. The molecule has 0 aliphatic carbocycles. The molecule has 1 amide bonds. The molecule has 1 fully saturated rings. The molecule has 2 heterocycles. The highest BCUT2D eigenvalue weighted by Crippen LogP contribution is 2.37. The summed E-state index contributed by atoms with van der Waals surface area (Å²) in [6, 6.07) is 5.40. The minimum absolute atomic E-state index is 0.124. The molecule has 1 aromatic carbocycles.